The van der Waals surface area contributed by atoms with Crippen LogP contribution in [0.5, 0.6) is 0 Å². The molecule has 0 radical (unpaired) electrons. The summed E-state index contributed by atoms with van der Waals surface area (Å²) in [6.07, 6.45) is 5.33. The molecule has 0 saturated carbocycles. The van der Waals surface area contributed by atoms with Crippen LogP contribution in [0.15, 0.2) is 150 Å². The Morgan fingerprint density at radius 1 is 0.558 bits per heavy atom. The summed E-state index contributed by atoms with van der Waals surface area (Å²) in [5, 5.41) is 10.2. The predicted molar refractivity (Wildman–Crippen MR) is 205 cm³/mol. The number of rotatable bonds is 2. The average Bonchev–Trinajstić information content (AvgIpc) is 3.84. The van der Waals surface area contributed by atoms with Crippen LogP contribution in [0.3, 0.4) is 0 Å². The van der Waals surface area contributed by atoms with Gasteiger partial charge in [0.1, 0.15) is 22.5 Å². The third-order valence-electron chi connectivity index (χ3n) is 10.5. The van der Waals surface area contributed by atoms with E-state index >= 15 is 0 Å². The van der Waals surface area contributed by atoms with Gasteiger partial charge in [-0.2, -0.15) is 12.1 Å². The van der Waals surface area contributed by atoms with Crippen molar-refractivity contribution in [3.05, 3.63) is 164 Å². The van der Waals surface area contributed by atoms with Gasteiger partial charge >= 0.3 is 0 Å². The topological polar surface area (TPSA) is 40.0 Å². The molecule has 0 aliphatic rings. The molecule has 0 saturated heterocycles. The van der Waals surface area contributed by atoms with E-state index in [-0.39, 0.29) is 20.4 Å². The van der Waals surface area contributed by atoms with Crippen molar-refractivity contribution in [3.63, 3.8) is 0 Å². The third-order valence-corrected chi connectivity index (χ3v) is 10.5. The second kappa shape index (κ2) is 10.8. The van der Waals surface area contributed by atoms with Crippen LogP contribution in [0, 0.1) is 18.3 Å². The van der Waals surface area contributed by atoms with Crippen molar-refractivity contribution < 1.29 is 29.2 Å². The van der Waals surface area contributed by atoms with Gasteiger partial charge in [-0.05, 0) is 46.5 Å². The molecule has 246 valence electrons. The van der Waals surface area contributed by atoms with Crippen molar-refractivity contribution in [1.82, 2.24) is 14.1 Å². The molecule has 12 aromatic rings. The monoisotopic (exact) mass is 754 g/mol. The largest absolute Gasteiger partial charge is 0.456 e. The molecule has 6 aromatic heterocycles. The summed E-state index contributed by atoms with van der Waals surface area (Å²) < 4.78 is 13.1. The van der Waals surface area contributed by atoms with Crippen LogP contribution in [0.1, 0.15) is 0 Å². The maximum atomic E-state index is 6.36. The first-order valence-electron chi connectivity index (χ1n) is 17.1. The Labute approximate surface area is 310 Å². The summed E-state index contributed by atoms with van der Waals surface area (Å²) in [7, 11) is 0. The first-order valence-corrected chi connectivity index (χ1v) is 17.1. The van der Waals surface area contributed by atoms with Crippen molar-refractivity contribution in [2.45, 2.75) is 0 Å². The van der Waals surface area contributed by atoms with Crippen LogP contribution in [-0.2, 0) is 20.4 Å². The quantitative estimate of drug-likeness (QED) is 0.0763. The normalized spacial score (nSPS) is 12.1. The van der Waals surface area contributed by atoms with E-state index in [1.807, 2.05) is 42.6 Å². The second-order valence-electron chi connectivity index (χ2n) is 13.1. The van der Waals surface area contributed by atoms with Gasteiger partial charge in [0.05, 0.1) is 10.9 Å². The molecule has 0 N–H and O–H groups in total. The van der Waals surface area contributed by atoms with E-state index in [4.69, 9.17) is 9.40 Å². The number of hydrogen-bond donors (Lipinski definition) is 0. The number of benzene rings is 6. The molecule has 0 amide bonds. The van der Waals surface area contributed by atoms with Gasteiger partial charge in [0.2, 0.25) is 0 Å². The standard InChI is InChI=1S/C46H24N4O.Pd/c1-2-12-30-29(11-1)35-26-36-31-13-3-5-16-38(31)49(41(36)27-39(35)48-24-10-8-15-37(30)48)28-19-20-32-33-21-22-43-45(34-14-4-6-17-42(34)51-43)46(33)50(40(32)25-28)44-18-7-9-23-47-44;/h1-23,26H;/q-2;. The molecule has 0 atom stereocenters. The van der Waals surface area contributed by atoms with Crippen LogP contribution in [0.25, 0.3) is 104 Å². The summed E-state index contributed by atoms with van der Waals surface area (Å²) in [6, 6.07) is 56.5. The smallest absolute Gasteiger partial charge is 0.150 e. The molecule has 6 heteroatoms. The summed E-state index contributed by atoms with van der Waals surface area (Å²) >= 11 is 0. The molecule has 5 nitrogen and oxygen atoms in total. The van der Waals surface area contributed by atoms with Gasteiger partial charge in [-0.3, -0.25) is 4.40 Å². The third kappa shape index (κ3) is 3.85. The van der Waals surface area contributed by atoms with Gasteiger partial charge in [0.25, 0.3) is 0 Å². The SMILES string of the molecule is [Pd].[c-]1c(-n2c3[c-]c4c(cc3c3ccccc32)c2ccccc2c2ccc[c-][n+]42)ccc2c3ccc4oc5ccccc5c4c3n(-c3ccccn3)c12. The Bertz CT molecular complexity index is 3430. The van der Waals surface area contributed by atoms with E-state index in [2.05, 4.69) is 135 Å². The fraction of sp³-hybridized carbons (Fsp3) is 0. The van der Waals surface area contributed by atoms with Gasteiger partial charge in [0.15, 0.2) is 6.20 Å². The first kappa shape index (κ1) is 29.4. The molecule has 6 heterocycles. The molecule has 0 bridgehead atoms. The molecule has 0 aliphatic carbocycles. The molecule has 52 heavy (non-hydrogen) atoms. The van der Waals surface area contributed by atoms with Crippen LogP contribution in [-0.4, -0.2) is 14.1 Å². The number of aromatic nitrogens is 4. The molecule has 0 unspecified atom stereocenters. The molecule has 0 aliphatic heterocycles. The van der Waals surface area contributed by atoms with Gasteiger partial charge in [-0.1, -0.05) is 107 Å². The average molecular weight is 755 g/mol. The van der Waals surface area contributed by atoms with E-state index in [0.29, 0.717) is 0 Å². The van der Waals surface area contributed by atoms with Crippen molar-refractivity contribution in [3.8, 4) is 11.5 Å². The minimum atomic E-state index is 0. The maximum absolute atomic E-state index is 6.36. The van der Waals surface area contributed by atoms with E-state index < -0.39 is 0 Å². The maximum Gasteiger partial charge on any atom is 0.150 e. The summed E-state index contributed by atoms with van der Waals surface area (Å²) in [6.45, 7) is 0. The molecular formula is C46H24N4OPd-2. The van der Waals surface area contributed by atoms with Crippen molar-refractivity contribution in [1.29, 1.82) is 0 Å². The summed E-state index contributed by atoms with van der Waals surface area (Å²) in [5.74, 6) is 0.828. The Kier molecular flexibility index (Phi) is 6.13. The van der Waals surface area contributed by atoms with Crippen LogP contribution < -0.4 is 4.40 Å². The zero-order valence-electron chi connectivity index (χ0n) is 27.4. The van der Waals surface area contributed by atoms with Crippen molar-refractivity contribution >= 4 is 92.7 Å². The number of furan rings is 1. The fourth-order valence-electron chi connectivity index (χ4n) is 8.37. The van der Waals surface area contributed by atoms with Crippen LogP contribution in [0.4, 0.5) is 0 Å². The zero-order chi connectivity index (χ0) is 33.2. The van der Waals surface area contributed by atoms with Gasteiger partial charge < -0.3 is 13.6 Å². The Balaban J connectivity index is 0.00000320. The Hall–Kier alpha value is -6.32. The number of fused-ring (bicyclic) bond motifs is 16. The van der Waals surface area contributed by atoms with E-state index in [1.165, 1.54) is 16.2 Å². The van der Waals surface area contributed by atoms with E-state index in [1.54, 1.807) is 0 Å². The predicted octanol–water partition coefficient (Wildman–Crippen LogP) is 10.6. The molecule has 12 rings (SSSR count). The Morgan fingerprint density at radius 3 is 2.21 bits per heavy atom. The van der Waals surface area contributed by atoms with E-state index in [0.717, 1.165) is 88.1 Å². The first-order chi connectivity index (χ1) is 25.3. The van der Waals surface area contributed by atoms with Crippen molar-refractivity contribution in [2.75, 3.05) is 0 Å². The fourth-order valence-corrected chi connectivity index (χ4v) is 8.37. The molecular weight excluding hydrogens is 731 g/mol. The number of pyridine rings is 3. The Morgan fingerprint density at radius 2 is 1.33 bits per heavy atom. The van der Waals surface area contributed by atoms with Crippen LogP contribution in [0.2, 0.25) is 0 Å². The molecule has 0 fully saturated rings. The molecule has 0 spiro atoms. The number of nitrogens with zero attached hydrogens (tertiary/aromatic N) is 4. The minimum Gasteiger partial charge on any atom is -0.456 e. The van der Waals surface area contributed by atoms with Crippen molar-refractivity contribution in [2.24, 2.45) is 0 Å². The number of hydrogen-bond acceptors (Lipinski definition) is 2. The summed E-state index contributed by atoms with van der Waals surface area (Å²) in [5.41, 5.74) is 8.83. The minimum absolute atomic E-state index is 0. The van der Waals surface area contributed by atoms with Gasteiger partial charge in [-0.15, -0.1) is 40.4 Å². The van der Waals surface area contributed by atoms with Gasteiger partial charge in [-0.25, -0.2) is 4.98 Å². The zero-order valence-corrected chi connectivity index (χ0v) is 28.9. The van der Waals surface area contributed by atoms with Gasteiger partial charge in [0, 0.05) is 43.0 Å². The summed E-state index contributed by atoms with van der Waals surface area (Å²) in [4.78, 5) is 4.87. The number of para-hydroxylation sites is 2. The van der Waals surface area contributed by atoms with E-state index in [9.17, 15) is 0 Å². The molecule has 6 aromatic carbocycles. The van der Waals surface area contributed by atoms with Crippen LogP contribution >= 0.6 is 0 Å². The second-order valence-corrected chi connectivity index (χ2v) is 13.1.